The molecule has 3 aromatic carbocycles. The van der Waals surface area contributed by atoms with Crippen LogP contribution in [0.25, 0.3) is 5.76 Å². The molecule has 0 bridgehead atoms. The van der Waals surface area contributed by atoms with Crippen molar-refractivity contribution in [3.8, 4) is 0 Å². The van der Waals surface area contributed by atoms with E-state index in [0.29, 0.717) is 5.02 Å². The van der Waals surface area contributed by atoms with Gasteiger partial charge in [-0.2, -0.15) is 0 Å². The summed E-state index contributed by atoms with van der Waals surface area (Å²) in [6, 6.07) is 16.1. The van der Waals surface area contributed by atoms with Gasteiger partial charge in [-0.1, -0.05) is 23.7 Å². The molecule has 3 aromatic rings. The van der Waals surface area contributed by atoms with Gasteiger partial charge in [0.05, 0.1) is 28.7 Å². The zero-order valence-corrected chi connectivity index (χ0v) is 19.6. The molecule has 1 heterocycles. The van der Waals surface area contributed by atoms with Gasteiger partial charge in [-0.25, -0.2) is 4.79 Å². The number of rotatable bonds is 6. The second-order valence-corrected chi connectivity index (χ2v) is 8.23. The van der Waals surface area contributed by atoms with E-state index in [9.17, 15) is 29.6 Å². The van der Waals surface area contributed by atoms with E-state index < -0.39 is 34.4 Å². The van der Waals surface area contributed by atoms with Crippen LogP contribution in [0.1, 0.15) is 34.5 Å². The van der Waals surface area contributed by atoms with Gasteiger partial charge < -0.3 is 9.84 Å². The Kier molecular flexibility index (Phi) is 6.84. The van der Waals surface area contributed by atoms with Gasteiger partial charge in [0.15, 0.2) is 0 Å². The third-order valence-corrected chi connectivity index (χ3v) is 5.87. The lowest BCUT2D eigenvalue weighted by Crippen LogP contribution is -2.29. The van der Waals surface area contributed by atoms with Crippen LogP contribution in [-0.2, 0) is 14.3 Å². The zero-order valence-electron chi connectivity index (χ0n) is 18.9. The fraction of sp³-hybridized carbons (Fsp3) is 0.115. The maximum atomic E-state index is 13.2. The molecule has 1 amide bonds. The Morgan fingerprint density at radius 2 is 1.69 bits per heavy atom. The number of carbonyl (C=O) groups excluding carboxylic acids is 3. The fourth-order valence-corrected chi connectivity index (χ4v) is 4.08. The molecule has 0 radical (unpaired) electrons. The third kappa shape index (κ3) is 4.56. The summed E-state index contributed by atoms with van der Waals surface area (Å²) in [7, 11) is 0. The Balaban J connectivity index is 1.89. The number of nitro benzene ring substituents is 1. The maximum Gasteiger partial charge on any atom is 0.338 e. The number of aliphatic hydroxyl groups is 1. The summed E-state index contributed by atoms with van der Waals surface area (Å²) in [5.74, 6) is -2.91. The standard InChI is InChI=1S/C26H19ClN2O7/c1-2-36-26(33)16-8-12-19(13-9-16)28-22(17-4-3-5-20(14-17)29(34)35)21(24(31)25(28)32)23(30)15-6-10-18(27)11-7-15/h3-14,22,30H,2H2,1H3. The SMILES string of the molecule is CCOC(=O)c1ccc(N2C(=O)C(=O)C(=C(O)c3ccc(Cl)cc3)C2c2cccc([N+](=O)[O-])c2)cc1. The Labute approximate surface area is 210 Å². The van der Waals surface area contributed by atoms with Crippen LogP contribution in [0.2, 0.25) is 5.02 Å². The first-order chi connectivity index (χ1) is 17.2. The molecule has 1 aliphatic rings. The molecule has 182 valence electrons. The van der Waals surface area contributed by atoms with Crippen LogP contribution in [0.15, 0.2) is 78.4 Å². The number of amides is 1. The summed E-state index contributed by atoms with van der Waals surface area (Å²) in [6.07, 6.45) is 0. The predicted octanol–water partition coefficient (Wildman–Crippen LogP) is 5.05. The van der Waals surface area contributed by atoms with E-state index in [0.717, 1.165) is 4.90 Å². The van der Waals surface area contributed by atoms with Crippen molar-refractivity contribution in [1.82, 2.24) is 0 Å². The number of hydrogen-bond acceptors (Lipinski definition) is 7. The smallest absolute Gasteiger partial charge is 0.338 e. The van der Waals surface area contributed by atoms with Crippen molar-refractivity contribution in [2.24, 2.45) is 0 Å². The average Bonchev–Trinajstić information content (AvgIpc) is 3.14. The quantitative estimate of drug-likeness (QED) is 0.124. The summed E-state index contributed by atoms with van der Waals surface area (Å²) >= 11 is 5.93. The molecule has 1 fully saturated rings. The molecular weight excluding hydrogens is 488 g/mol. The molecule has 1 N–H and O–H groups in total. The lowest BCUT2D eigenvalue weighted by molar-refractivity contribution is -0.384. The van der Waals surface area contributed by atoms with E-state index >= 15 is 0 Å². The van der Waals surface area contributed by atoms with Gasteiger partial charge in [0.2, 0.25) is 0 Å². The van der Waals surface area contributed by atoms with Crippen LogP contribution in [0.4, 0.5) is 11.4 Å². The Morgan fingerprint density at radius 1 is 1.06 bits per heavy atom. The molecule has 1 aliphatic heterocycles. The monoisotopic (exact) mass is 506 g/mol. The van der Waals surface area contributed by atoms with Gasteiger partial charge in [0.1, 0.15) is 5.76 Å². The Bertz CT molecular complexity index is 1400. The molecular formula is C26H19ClN2O7. The van der Waals surface area contributed by atoms with Crippen LogP contribution < -0.4 is 4.90 Å². The number of hydrogen-bond donors (Lipinski definition) is 1. The van der Waals surface area contributed by atoms with Crippen LogP contribution in [-0.4, -0.2) is 34.3 Å². The number of anilines is 1. The van der Waals surface area contributed by atoms with E-state index in [1.165, 1.54) is 72.8 Å². The van der Waals surface area contributed by atoms with Crippen molar-refractivity contribution in [2.45, 2.75) is 13.0 Å². The van der Waals surface area contributed by atoms with Crippen molar-refractivity contribution < 1.29 is 29.2 Å². The Morgan fingerprint density at radius 3 is 2.31 bits per heavy atom. The van der Waals surface area contributed by atoms with Gasteiger partial charge in [0, 0.05) is 28.4 Å². The fourth-order valence-electron chi connectivity index (χ4n) is 3.96. The second-order valence-electron chi connectivity index (χ2n) is 7.80. The number of halogens is 1. The lowest BCUT2D eigenvalue weighted by atomic mass is 9.94. The lowest BCUT2D eigenvalue weighted by Gasteiger charge is -2.25. The first kappa shape index (κ1) is 24.6. The highest BCUT2D eigenvalue weighted by molar-refractivity contribution is 6.51. The van der Waals surface area contributed by atoms with Crippen molar-refractivity contribution in [1.29, 1.82) is 0 Å². The minimum absolute atomic E-state index is 0.187. The number of Topliss-reactive ketones (excluding diaryl/α,β-unsaturated/α-hetero) is 1. The van der Waals surface area contributed by atoms with E-state index in [1.54, 1.807) is 6.92 Å². The van der Waals surface area contributed by atoms with Crippen molar-refractivity contribution in [3.05, 3.63) is 110 Å². The van der Waals surface area contributed by atoms with Crippen LogP contribution >= 0.6 is 11.6 Å². The number of nitrogens with zero attached hydrogens (tertiary/aromatic N) is 2. The minimum atomic E-state index is -1.17. The number of ether oxygens (including phenoxy) is 1. The van der Waals surface area contributed by atoms with Gasteiger partial charge in [-0.05, 0) is 61.0 Å². The molecule has 1 saturated heterocycles. The van der Waals surface area contributed by atoms with Gasteiger partial charge in [-0.3, -0.25) is 24.6 Å². The van der Waals surface area contributed by atoms with Crippen molar-refractivity contribution >= 4 is 46.4 Å². The predicted molar refractivity (Wildman–Crippen MR) is 132 cm³/mol. The number of non-ortho nitro benzene ring substituents is 1. The summed E-state index contributed by atoms with van der Waals surface area (Å²) in [5, 5.41) is 22.9. The molecule has 0 aromatic heterocycles. The topological polar surface area (TPSA) is 127 Å². The summed E-state index contributed by atoms with van der Waals surface area (Å²) in [6.45, 7) is 1.86. The first-order valence-corrected chi connectivity index (χ1v) is 11.2. The molecule has 1 atom stereocenters. The van der Waals surface area contributed by atoms with Crippen LogP contribution in [0, 0.1) is 10.1 Å². The summed E-state index contributed by atoms with van der Waals surface area (Å²) < 4.78 is 4.98. The number of ketones is 1. The normalized spacial score (nSPS) is 16.7. The van der Waals surface area contributed by atoms with Gasteiger partial charge >= 0.3 is 5.97 Å². The minimum Gasteiger partial charge on any atom is -0.507 e. The van der Waals surface area contributed by atoms with E-state index in [1.807, 2.05) is 0 Å². The van der Waals surface area contributed by atoms with Crippen LogP contribution in [0.5, 0.6) is 0 Å². The molecule has 0 spiro atoms. The van der Waals surface area contributed by atoms with E-state index in [2.05, 4.69) is 0 Å². The molecule has 4 rings (SSSR count). The number of nitro groups is 1. The highest BCUT2D eigenvalue weighted by Crippen LogP contribution is 2.43. The molecule has 1 unspecified atom stereocenters. The zero-order chi connectivity index (χ0) is 26.0. The number of carbonyl (C=O) groups is 3. The van der Waals surface area contributed by atoms with E-state index in [4.69, 9.17) is 16.3 Å². The second kappa shape index (κ2) is 10.0. The highest BCUT2D eigenvalue weighted by Gasteiger charge is 2.47. The summed E-state index contributed by atoms with van der Waals surface area (Å²) in [5.41, 5.74) is 0.487. The third-order valence-electron chi connectivity index (χ3n) is 5.62. The number of benzene rings is 3. The van der Waals surface area contributed by atoms with Crippen molar-refractivity contribution in [2.75, 3.05) is 11.5 Å². The largest absolute Gasteiger partial charge is 0.507 e. The van der Waals surface area contributed by atoms with Crippen molar-refractivity contribution in [3.63, 3.8) is 0 Å². The van der Waals surface area contributed by atoms with Crippen LogP contribution in [0.3, 0.4) is 0 Å². The number of aliphatic hydroxyl groups excluding tert-OH is 1. The summed E-state index contributed by atoms with van der Waals surface area (Å²) in [4.78, 5) is 50.4. The average molecular weight is 507 g/mol. The molecule has 36 heavy (non-hydrogen) atoms. The Hall–Kier alpha value is -4.50. The molecule has 9 nitrogen and oxygen atoms in total. The van der Waals surface area contributed by atoms with Gasteiger partial charge in [0.25, 0.3) is 17.4 Å². The van der Waals surface area contributed by atoms with E-state index in [-0.39, 0.29) is 40.2 Å². The maximum absolute atomic E-state index is 13.2. The molecule has 0 aliphatic carbocycles. The molecule has 0 saturated carbocycles. The number of esters is 1. The highest BCUT2D eigenvalue weighted by atomic mass is 35.5. The van der Waals surface area contributed by atoms with Gasteiger partial charge in [-0.15, -0.1) is 0 Å². The molecule has 10 heteroatoms. The first-order valence-electron chi connectivity index (χ1n) is 10.8.